The summed E-state index contributed by atoms with van der Waals surface area (Å²) in [5.74, 6) is 0.597. The Kier molecular flexibility index (Phi) is 8.40. The summed E-state index contributed by atoms with van der Waals surface area (Å²) in [7, 11) is -9.61. The predicted molar refractivity (Wildman–Crippen MR) is 133 cm³/mol. The van der Waals surface area contributed by atoms with E-state index in [1.807, 2.05) is 37.3 Å². The number of hydrogen-bond acceptors (Lipinski definition) is 5. The Morgan fingerprint density at radius 2 is 1.39 bits per heavy atom. The zero-order valence-corrected chi connectivity index (χ0v) is 25.1. The van der Waals surface area contributed by atoms with Crippen LogP contribution in [0.5, 0.6) is 0 Å². The number of sulfone groups is 1. The zero-order chi connectivity index (χ0) is 28.1. The Hall–Kier alpha value is -1.12. The average Bonchev–Trinajstić information content (AvgIpc) is 3.36. The quantitative estimate of drug-likeness (QED) is 0.159. The number of fused-ring (bicyclic) bond motifs is 1. The van der Waals surface area contributed by atoms with Crippen LogP contribution >= 0.6 is 23.2 Å². The molecule has 2 atom stereocenters. The van der Waals surface area contributed by atoms with Gasteiger partial charge in [-0.1, -0.05) is 47.0 Å². The minimum absolute atomic E-state index is 0.272. The van der Waals surface area contributed by atoms with E-state index >= 15 is 0 Å². The van der Waals surface area contributed by atoms with Crippen LogP contribution in [0.1, 0.15) is 31.2 Å². The van der Waals surface area contributed by atoms with Crippen LogP contribution in [0.4, 0.5) is 13.2 Å². The smallest absolute Gasteiger partial charge is 0.485 e. The molecule has 3 aliphatic carbocycles. The van der Waals surface area contributed by atoms with Gasteiger partial charge in [0.05, 0.1) is 4.90 Å². The monoisotopic (exact) mass is 720 g/mol. The van der Waals surface area contributed by atoms with Gasteiger partial charge in [-0.2, -0.15) is 13.2 Å². The van der Waals surface area contributed by atoms with Crippen molar-refractivity contribution in [3.05, 3.63) is 83.4 Å². The van der Waals surface area contributed by atoms with Crippen LogP contribution in [0.25, 0.3) is 0 Å². The fourth-order valence-corrected chi connectivity index (χ4v) is 10.7. The average molecular weight is 721 g/mol. The Morgan fingerprint density at radius 3 is 1.89 bits per heavy atom. The molecule has 0 N–H and O–H groups in total. The third-order valence-corrected chi connectivity index (χ3v) is 13.8. The van der Waals surface area contributed by atoms with E-state index in [0.717, 1.165) is 28.4 Å². The molecule has 2 aromatic rings. The van der Waals surface area contributed by atoms with Crippen molar-refractivity contribution in [3.63, 3.8) is 0 Å². The predicted octanol–water partition coefficient (Wildman–Crippen LogP) is 3.29. The van der Waals surface area contributed by atoms with Crippen molar-refractivity contribution in [1.82, 2.24) is 0 Å². The maximum Gasteiger partial charge on any atom is 0.485 e. The molecule has 206 valence electrons. The highest BCUT2D eigenvalue weighted by atomic mass is 127. The number of hydrogen-bond donors (Lipinski definition) is 0. The molecule has 0 spiro atoms. The lowest BCUT2D eigenvalue weighted by Gasteiger charge is -2.24. The molecule has 1 saturated carbocycles. The third-order valence-electron chi connectivity index (χ3n) is 6.74. The molecule has 0 saturated heterocycles. The van der Waals surface area contributed by atoms with Gasteiger partial charge in [0.25, 0.3) is 0 Å². The van der Waals surface area contributed by atoms with Crippen LogP contribution in [-0.2, 0) is 20.0 Å². The van der Waals surface area contributed by atoms with E-state index in [9.17, 15) is 21.6 Å². The molecule has 0 bridgehead atoms. The molecular formula is C25H22Cl2F3IO5S2. The second-order valence-electron chi connectivity index (χ2n) is 9.29. The number of allylic oxidation sites excluding steroid dienone is 4. The molecule has 5 nitrogen and oxygen atoms in total. The first-order valence-corrected chi connectivity index (χ1v) is 17.2. The van der Waals surface area contributed by atoms with Crippen LogP contribution in [0.3, 0.4) is 0 Å². The van der Waals surface area contributed by atoms with Gasteiger partial charge in [0, 0.05) is 24.7 Å². The van der Waals surface area contributed by atoms with Crippen LogP contribution in [0.2, 0.25) is 0 Å². The van der Waals surface area contributed by atoms with E-state index in [1.165, 1.54) is 14.7 Å². The van der Waals surface area contributed by atoms with E-state index < -0.39 is 51.0 Å². The maximum absolute atomic E-state index is 13.7. The second kappa shape index (κ2) is 10.7. The maximum atomic E-state index is 13.7. The van der Waals surface area contributed by atoms with Crippen LogP contribution < -0.4 is 21.2 Å². The summed E-state index contributed by atoms with van der Waals surface area (Å²) in [5.41, 5.74) is -1.95. The fourth-order valence-electron chi connectivity index (χ4n) is 4.60. The fraction of sp³-hybridized carbons (Fsp3) is 0.360. The topological polar surface area (TPSA) is 91.3 Å². The minimum atomic E-state index is -6.09. The highest BCUT2D eigenvalue weighted by molar-refractivity contribution is 7.95. The summed E-state index contributed by atoms with van der Waals surface area (Å²) in [6.07, 6.45) is 3.01. The molecule has 5 rings (SSSR count). The Bertz CT molecular complexity index is 1500. The van der Waals surface area contributed by atoms with Gasteiger partial charge in [0.1, 0.15) is 9.24 Å². The summed E-state index contributed by atoms with van der Waals surface area (Å²) < 4.78 is 88.0. The third kappa shape index (κ3) is 6.27. The summed E-state index contributed by atoms with van der Waals surface area (Å²) in [6.45, 7) is 1.97. The summed E-state index contributed by atoms with van der Waals surface area (Å²) >= 11 is 12.4. The summed E-state index contributed by atoms with van der Waals surface area (Å²) in [5, 5.41) is 0. The molecule has 0 amide bonds. The lowest BCUT2D eigenvalue weighted by Crippen LogP contribution is -3.61. The molecule has 1 fully saturated rings. The largest absolute Gasteiger partial charge is 0.741 e. The van der Waals surface area contributed by atoms with Crippen molar-refractivity contribution in [2.75, 3.05) is 0 Å². The lowest BCUT2D eigenvalue weighted by atomic mass is 9.85. The van der Waals surface area contributed by atoms with Crippen molar-refractivity contribution in [2.45, 2.75) is 47.3 Å². The normalized spacial score (nSPS) is 22.7. The molecule has 3 aliphatic rings. The van der Waals surface area contributed by atoms with Crippen molar-refractivity contribution in [1.29, 1.82) is 0 Å². The van der Waals surface area contributed by atoms with E-state index in [1.54, 1.807) is 12.1 Å². The van der Waals surface area contributed by atoms with E-state index in [0.29, 0.717) is 22.1 Å². The van der Waals surface area contributed by atoms with Crippen LogP contribution in [0, 0.1) is 22.3 Å². The highest BCUT2D eigenvalue weighted by Crippen LogP contribution is 2.67. The molecule has 2 aromatic carbocycles. The number of rotatable bonds is 4. The summed E-state index contributed by atoms with van der Waals surface area (Å²) in [4.78, 5) is 1.02. The van der Waals surface area contributed by atoms with Gasteiger partial charge in [-0.25, -0.2) is 16.8 Å². The Morgan fingerprint density at radius 1 is 0.895 bits per heavy atom. The second-order valence-corrected chi connectivity index (χ2v) is 17.2. The van der Waals surface area contributed by atoms with E-state index in [2.05, 4.69) is 12.1 Å². The zero-order valence-electron chi connectivity index (χ0n) is 19.8. The SMILES string of the molecule is Cc1ccc(S(=O)(=O)C2=C([I+]c3ccccc3)CC3=C(C2)CC2C(C3)C2(Cl)Cl)cc1.O=S(=O)([O-])C(F)(F)F. The lowest BCUT2D eigenvalue weighted by molar-refractivity contribution is -0.578. The number of alkyl halides is 5. The van der Waals surface area contributed by atoms with Crippen molar-refractivity contribution in [2.24, 2.45) is 11.8 Å². The standard InChI is InChI=1S/C24H22Cl2IO2S.CHF3O3S/c1-15-7-9-19(10-8-15)30(28,29)23-14-17-12-21-20(24(21,25)26)11-16(17)13-22(23)27-18-5-3-2-4-6-18;2-1(3,4)8(5,6)7/h2-10,20-21H,11-14H2,1H3;(H,5,6,7)/q+1;/p-1. The highest BCUT2D eigenvalue weighted by Gasteiger charge is 2.64. The van der Waals surface area contributed by atoms with Crippen LogP contribution in [-0.4, -0.2) is 31.2 Å². The molecule has 13 heteroatoms. The summed E-state index contributed by atoms with van der Waals surface area (Å²) in [6, 6.07) is 17.5. The van der Waals surface area contributed by atoms with Crippen molar-refractivity contribution in [3.8, 4) is 0 Å². The first-order valence-electron chi connectivity index (χ1n) is 11.3. The minimum Gasteiger partial charge on any atom is -0.741 e. The molecule has 2 unspecified atom stereocenters. The van der Waals surface area contributed by atoms with Gasteiger partial charge < -0.3 is 4.55 Å². The molecule has 0 aliphatic heterocycles. The Balaban J connectivity index is 0.000000368. The van der Waals surface area contributed by atoms with Gasteiger partial charge in [-0.15, -0.1) is 23.2 Å². The first kappa shape index (κ1) is 29.9. The molecule has 38 heavy (non-hydrogen) atoms. The van der Waals surface area contributed by atoms with Gasteiger partial charge in [0.2, 0.25) is 9.84 Å². The van der Waals surface area contributed by atoms with E-state index in [4.69, 9.17) is 36.2 Å². The molecular weight excluding hydrogens is 699 g/mol. The van der Waals surface area contributed by atoms with E-state index in [-0.39, 0.29) is 5.92 Å². The number of halogens is 6. The molecule has 0 radical (unpaired) electrons. The molecule has 0 heterocycles. The van der Waals surface area contributed by atoms with Gasteiger partial charge >= 0.3 is 26.7 Å². The Labute approximate surface area is 240 Å². The number of benzene rings is 2. The number of aryl methyl sites for hydroxylation is 1. The molecule has 0 aromatic heterocycles. The van der Waals surface area contributed by atoms with Gasteiger partial charge in [-0.05, 0) is 44.0 Å². The van der Waals surface area contributed by atoms with Gasteiger partial charge in [-0.3, -0.25) is 0 Å². The van der Waals surface area contributed by atoms with Crippen LogP contribution in [0.15, 0.2) is 79.1 Å². The van der Waals surface area contributed by atoms with Crippen molar-refractivity contribution < 1.29 is 55.8 Å². The first-order chi connectivity index (χ1) is 17.5. The van der Waals surface area contributed by atoms with Crippen molar-refractivity contribution >= 4 is 43.2 Å². The van der Waals surface area contributed by atoms with Gasteiger partial charge in [0.15, 0.2) is 17.3 Å².